The summed E-state index contributed by atoms with van der Waals surface area (Å²) in [6.07, 6.45) is 3.62. The van der Waals surface area contributed by atoms with Gasteiger partial charge in [-0.2, -0.15) is 0 Å². The zero-order valence-electron chi connectivity index (χ0n) is 11.7. The Morgan fingerprint density at radius 1 is 1.35 bits per heavy atom. The molecule has 1 rings (SSSR count). The number of piperidine rings is 1. The van der Waals surface area contributed by atoms with Crippen molar-refractivity contribution in [2.45, 2.75) is 38.3 Å². The molecule has 4 heteroatoms. The number of hydrogen-bond acceptors (Lipinski definition) is 4. The van der Waals surface area contributed by atoms with E-state index in [0.717, 1.165) is 38.6 Å². The maximum Gasteiger partial charge on any atom is 0.0597 e. The van der Waals surface area contributed by atoms with Crippen LogP contribution < -0.4 is 5.32 Å². The molecule has 1 atom stereocenters. The summed E-state index contributed by atoms with van der Waals surface area (Å²) in [5, 5.41) is 12.7. The van der Waals surface area contributed by atoms with Crippen LogP contribution in [0.3, 0.4) is 0 Å². The van der Waals surface area contributed by atoms with Crippen molar-refractivity contribution >= 4 is 0 Å². The Hall–Kier alpha value is -0.160. The monoisotopic (exact) mass is 243 g/mol. The first-order valence-corrected chi connectivity index (χ1v) is 6.90. The lowest BCUT2D eigenvalue weighted by atomic mass is 10.0. The molecule has 1 heterocycles. The van der Waals surface area contributed by atoms with E-state index >= 15 is 0 Å². The Kier molecular flexibility index (Phi) is 7.04. The molecule has 0 spiro atoms. The van der Waals surface area contributed by atoms with Crippen molar-refractivity contribution in [2.24, 2.45) is 0 Å². The molecule has 1 aliphatic heterocycles. The lowest BCUT2D eigenvalue weighted by Crippen LogP contribution is -2.48. The van der Waals surface area contributed by atoms with E-state index in [1.165, 1.54) is 12.8 Å². The number of rotatable bonds is 7. The van der Waals surface area contributed by atoms with Gasteiger partial charge in [0.1, 0.15) is 0 Å². The van der Waals surface area contributed by atoms with Gasteiger partial charge in [-0.25, -0.2) is 0 Å². The van der Waals surface area contributed by atoms with Crippen molar-refractivity contribution < 1.29 is 5.11 Å². The molecular formula is C13H29N3O. The van der Waals surface area contributed by atoms with Crippen LogP contribution in [0.4, 0.5) is 0 Å². The van der Waals surface area contributed by atoms with E-state index in [4.69, 9.17) is 0 Å². The molecule has 1 unspecified atom stereocenters. The van der Waals surface area contributed by atoms with Crippen LogP contribution in [0, 0.1) is 0 Å². The van der Waals surface area contributed by atoms with Gasteiger partial charge < -0.3 is 20.2 Å². The Morgan fingerprint density at radius 3 is 2.47 bits per heavy atom. The fourth-order valence-electron chi connectivity index (χ4n) is 2.47. The molecule has 1 aliphatic rings. The maximum absolute atomic E-state index is 9.33. The van der Waals surface area contributed by atoms with E-state index < -0.39 is 0 Å². The van der Waals surface area contributed by atoms with Crippen LogP contribution in [0.2, 0.25) is 0 Å². The lowest BCUT2D eigenvalue weighted by molar-refractivity contribution is 0.121. The summed E-state index contributed by atoms with van der Waals surface area (Å²) >= 11 is 0. The van der Waals surface area contributed by atoms with Gasteiger partial charge in [-0.15, -0.1) is 0 Å². The molecule has 0 aliphatic carbocycles. The van der Waals surface area contributed by atoms with Crippen molar-refractivity contribution in [3.8, 4) is 0 Å². The molecule has 4 nitrogen and oxygen atoms in total. The standard InChI is InChI=1S/C13H29N3O/c1-4-7-14-12(11-17)10-16-8-5-13(6-9-16)15(2)3/h12-14,17H,4-11H2,1-3H3. The van der Waals surface area contributed by atoms with Gasteiger partial charge in [0.2, 0.25) is 0 Å². The Labute approximate surface area is 106 Å². The number of aliphatic hydroxyl groups is 1. The van der Waals surface area contributed by atoms with Crippen LogP contribution in [0.25, 0.3) is 0 Å². The minimum absolute atomic E-state index is 0.242. The maximum atomic E-state index is 9.33. The van der Waals surface area contributed by atoms with Crippen molar-refractivity contribution in [3.63, 3.8) is 0 Å². The number of likely N-dealkylation sites (tertiary alicyclic amines) is 1. The zero-order chi connectivity index (χ0) is 12.7. The summed E-state index contributed by atoms with van der Waals surface area (Å²) in [6, 6.07) is 0.980. The molecule has 17 heavy (non-hydrogen) atoms. The van der Waals surface area contributed by atoms with Gasteiger partial charge in [0, 0.05) is 18.6 Å². The summed E-state index contributed by atoms with van der Waals surface area (Å²) in [5.41, 5.74) is 0. The summed E-state index contributed by atoms with van der Waals surface area (Å²) in [5.74, 6) is 0. The second-order valence-corrected chi connectivity index (χ2v) is 5.33. The highest BCUT2D eigenvalue weighted by Crippen LogP contribution is 2.14. The van der Waals surface area contributed by atoms with Crippen LogP contribution in [-0.2, 0) is 0 Å². The Bertz CT molecular complexity index is 191. The molecule has 1 fully saturated rings. The quantitative estimate of drug-likeness (QED) is 0.678. The first-order valence-electron chi connectivity index (χ1n) is 6.90. The first-order chi connectivity index (χ1) is 8.17. The molecule has 0 aromatic rings. The molecule has 2 N–H and O–H groups in total. The van der Waals surface area contributed by atoms with Gasteiger partial charge in [-0.3, -0.25) is 0 Å². The Morgan fingerprint density at radius 2 is 2.00 bits per heavy atom. The first kappa shape index (κ1) is 14.9. The predicted octanol–water partition coefficient (Wildman–Crippen LogP) is 0.373. The molecule has 0 aromatic carbocycles. The van der Waals surface area contributed by atoms with Gasteiger partial charge in [-0.1, -0.05) is 6.92 Å². The van der Waals surface area contributed by atoms with Crippen LogP contribution in [0.5, 0.6) is 0 Å². The summed E-state index contributed by atoms with van der Waals surface area (Å²) in [7, 11) is 4.33. The molecule has 0 amide bonds. The molecule has 0 radical (unpaired) electrons. The van der Waals surface area contributed by atoms with Gasteiger partial charge in [0.15, 0.2) is 0 Å². The zero-order valence-corrected chi connectivity index (χ0v) is 11.7. The summed E-state index contributed by atoms with van der Waals surface area (Å²) < 4.78 is 0. The van der Waals surface area contributed by atoms with Crippen molar-refractivity contribution in [1.82, 2.24) is 15.1 Å². The topological polar surface area (TPSA) is 38.7 Å². The largest absolute Gasteiger partial charge is 0.395 e. The molecule has 0 aromatic heterocycles. The predicted molar refractivity (Wildman–Crippen MR) is 72.3 cm³/mol. The Balaban J connectivity index is 2.23. The van der Waals surface area contributed by atoms with Crippen LogP contribution in [0.15, 0.2) is 0 Å². The van der Waals surface area contributed by atoms with Gasteiger partial charge in [-0.05, 0) is 53.0 Å². The van der Waals surface area contributed by atoms with E-state index in [-0.39, 0.29) is 12.6 Å². The fraction of sp³-hybridized carbons (Fsp3) is 1.00. The molecular weight excluding hydrogens is 214 g/mol. The van der Waals surface area contributed by atoms with E-state index in [2.05, 4.69) is 36.1 Å². The third-order valence-electron chi connectivity index (χ3n) is 3.67. The fourth-order valence-corrected chi connectivity index (χ4v) is 2.47. The highest BCUT2D eigenvalue weighted by molar-refractivity contribution is 4.80. The SMILES string of the molecule is CCCNC(CO)CN1CCC(N(C)C)CC1. The average Bonchev–Trinajstić information content (AvgIpc) is 2.35. The number of hydrogen-bond donors (Lipinski definition) is 2. The molecule has 0 saturated carbocycles. The second kappa shape index (κ2) is 8.03. The van der Waals surface area contributed by atoms with Gasteiger partial charge in [0.25, 0.3) is 0 Å². The molecule has 102 valence electrons. The van der Waals surface area contributed by atoms with Crippen molar-refractivity contribution in [1.29, 1.82) is 0 Å². The van der Waals surface area contributed by atoms with E-state index in [1.54, 1.807) is 0 Å². The smallest absolute Gasteiger partial charge is 0.0597 e. The molecule has 0 bridgehead atoms. The minimum atomic E-state index is 0.242. The van der Waals surface area contributed by atoms with Crippen LogP contribution in [-0.4, -0.2) is 73.9 Å². The number of nitrogens with zero attached hydrogens (tertiary/aromatic N) is 2. The lowest BCUT2D eigenvalue weighted by Gasteiger charge is -2.36. The van der Waals surface area contributed by atoms with E-state index in [0.29, 0.717) is 0 Å². The van der Waals surface area contributed by atoms with E-state index in [1.807, 2.05) is 0 Å². The van der Waals surface area contributed by atoms with Gasteiger partial charge >= 0.3 is 0 Å². The molecule has 1 saturated heterocycles. The summed E-state index contributed by atoms with van der Waals surface area (Å²) in [4.78, 5) is 4.81. The van der Waals surface area contributed by atoms with Crippen LogP contribution >= 0.6 is 0 Å². The minimum Gasteiger partial charge on any atom is -0.395 e. The number of nitrogens with one attached hydrogen (secondary N) is 1. The van der Waals surface area contributed by atoms with Crippen molar-refractivity contribution in [3.05, 3.63) is 0 Å². The summed E-state index contributed by atoms with van der Waals surface area (Å²) in [6.45, 7) is 6.70. The van der Waals surface area contributed by atoms with Crippen molar-refractivity contribution in [2.75, 3.05) is 46.9 Å². The highest BCUT2D eigenvalue weighted by Gasteiger charge is 2.22. The normalized spacial score (nSPS) is 21.0. The third kappa shape index (κ3) is 5.34. The third-order valence-corrected chi connectivity index (χ3v) is 3.67. The second-order valence-electron chi connectivity index (χ2n) is 5.33. The highest BCUT2D eigenvalue weighted by atomic mass is 16.3. The van der Waals surface area contributed by atoms with Gasteiger partial charge in [0.05, 0.1) is 6.61 Å². The van der Waals surface area contributed by atoms with Crippen LogP contribution in [0.1, 0.15) is 26.2 Å². The number of aliphatic hydroxyl groups excluding tert-OH is 1. The van der Waals surface area contributed by atoms with E-state index in [9.17, 15) is 5.11 Å². The average molecular weight is 243 g/mol.